The molecule has 1 aliphatic rings. The van der Waals surface area contributed by atoms with Gasteiger partial charge in [0.15, 0.2) is 0 Å². The highest BCUT2D eigenvalue weighted by molar-refractivity contribution is 5.70. The van der Waals surface area contributed by atoms with Crippen LogP contribution in [0.1, 0.15) is 44.3 Å². The van der Waals surface area contributed by atoms with Crippen molar-refractivity contribution in [3.8, 4) is 0 Å². The summed E-state index contributed by atoms with van der Waals surface area (Å²) in [7, 11) is 1.92. The van der Waals surface area contributed by atoms with Gasteiger partial charge in [0.25, 0.3) is 0 Å². The van der Waals surface area contributed by atoms with Crippen LogP contribution in [0, 0.1) is 11.8 Å². The van der Waals surface area contributed by atoms with Crippen molar-refractivity contribution in [3.05, 3.63) is 18.0 Å². The molecule has 1 aromatic heterocycles. The smallest absolute Gasteiger partial charge is 0.306 e. The zero-order valence-electron chi connectivity index (χ0n) is 11.7. The summed E-state index contributed by atoms with van der Waals surface area (Å²) in [5.41, 5.74) is 1.13. The second kappa shape index (κ2) is 6.19. The van der Waals surface area contributed by atoms with Gasteiger partial charge in [0.2, 0.25) is 0 Å². The van der Waals surface area contributed by atoms with Crippen LogP contribution >= 0.6 is 0 Å². The first kappa shape index (κ1) is 14.1. The van der Waals surface area contributed by atoms with E-state index < -0.39 is 5.97 Å². The van der Waals surface area contributed by atoms with Gasteiger partial charge in [-0.3, -0.25) is 9.48 Å². The van der Waals surface area contributed by atoms with E-state index in [9.17, 15) is 9.90 Å². The van der Waals surface area contributed by atoms with Gasteiger partial charge in [0, 0.05) is 19.3 Å². The average Bonchev–Trinajstić information content (AvgIpc) is 2.82. The quantitative estimate of drug-likeness (QED) is 0.854. The third-order valence-corrected chi connectivity index (χ3v) is 4.21. The summed E-state index contributed by atoms with van der Waals surface area (Å²) in [4.78, 5) is 11.3. The van der Waals surface area contributed by atoms with Gasteiger partial charge in [-0.25, -0.2) is 0 Å². The number of hydrogen-bond acceptors (Lipinski definition) is 3. The number of aliphatic carboxylic acids is 1. The molecule has 0 amide bonds. The lowest BCUT2D eigenvalue weighted by Gasteiger charge is -2.29. The molecule has 2 rings (SSSR count). The maximum atomic E-state index is 11.3. The summed E-state index contributed by atoms with van der Waals surface area (Å²) in [6.07, 6.45) is 5.82. The van der Waals surface area contributed by atoms with Crippen molar-refractivity contribution in [2.45, 2.75) is 38.6 Å². The van der Waals surface area contributed by atoms with Crippen LogP contribution in [0.4, 0.5) is 0 Å². The Hall–Kier alpha value is -1.36. The van der Waals surface area contributed by atoms with Crippen LogP contribution in [-0.4, -0.2) is 27.4 Å². The highest BCUT2D eigenvalue weighted by Crippen LogP contribution is 2.30. The van der Waals surface area contributed by atoms with Crippen LogP contribution in [0.3, 0.4) is 0 Å². The summed E-state index contributed by atoms with van der Waals surface area (Å²) in [6.45, 7) is 2.86. The van der Waals surface area contributed by atoms with Gasteiger partial charge in [0.1, 0.15) is 0 Å². The Bertz CT molecular complexity index is 430. The van der Waals surface area contributed by atoms with E-state index >= 15 is 0 Å². The number of carbonyl (C=O) groups is 1. The van der Waals surface area contributed by atoms with E-state index in [0.29, 0.717) is 0 Å². The fourth-order valence-corrected chi connectivity index (χ4v) is 3.02. The molecule has 5 nitrogen and oxygen atoms in total. The zero-order chi connectivity index (χ0) is 13.8. The van der Waals surface area contributed by atoms with Gasteiger partial charge < -0.3 is 10.4 Å². The molecule has 106 valence electrons. The van der Waals surface area contributed by atoms with Crippen LogP contribution in [0.5, 0.6) is 0 Å². The Labute approximate surface area is 114 Å². The SMILES string of the molecule is CC(NCC1CCCCC1C(=O)O)c1ccnn1C. The second-order valence-corrected chi connectivity index (χ2v) is 5.50. The number of hydrogen-bond donors (Lipinski definition) is 2. The Morgan fingerprint density at radius 1 is 1.58 bits per heavy atom. The van der Waals surface area contributed by atoms with E-state index in [2.05, 4.69) is 17.3 Å². The molecule has 0 spiro atoms. The largest absolute Gasteiger partial charge is 0.481 e. The van der Waals surface area contributed by atoms with Crippen molar-refractivity contribution < 1.29 is 9.90 Å². The van der Waals surface area contributed by atoms with Crippen LogP contribution < -0.4 is 5.32 Å². The Balaban J connectivity index is 1.90. The predicted molar refractivity (Wildman–Crippen MR) is 72.7 cm³/mol. The lowest BCUT2D eigenvalue weighted by molar-refractivity contribution is -0.144. The molecule has 1 aromatic rings. The molecule has 1 aliphatic carbocycles. The van der Waals surface area contributed by atoms with Crippen molar-refractivity contribution in [1.29, 1.82) is 0 Å². The van der Waals surface area contributed by atoms with Crippen molar-refractivity contribution in [2.24, 2.45) is 18.9 Å². The fraction of sp³-hybridized carbons (Fsp3) is 0.714. The standard InChI is InChI=1S/C14H23N3O2/c1-10(13-7-8-16-17(13)2)15-9-11-5-3-4-6-12(11)14(18)19/h7-8,10-12,15H,3-6,9H2,1-2H3,(H,18,19). The number of rotatable bonds is 5. The minimum absolute atomic E-state index is 0.181. The molecule has 0 saturated heterocycles. The minimum atomic E-state index is -0.639. The van der Waals surface area contributed by atoms with Gasteiger partial charge >= 0.3 is 5.97 Å². The third kappa shape index (κ3) is 3.35. The Morgan fingerprint density at radius 3 is 2.95 bits per heavy atom. The highest BCUT2D eigenvalue weighted by Gasteiger charge is 2.30. The first-order valence-electron chi connectivity index (χ1n) is 7.03. The number of aromatic nitrogens is 2. The fourth-order valence-electron chi connectivity index (χ4n) is 3.02. The second-order valence-electron chi connectivity index (χ2n) is 5.50. The summed E-state index contributed by atoms with van der Waals surface area (Å²) in [6, 6.07) is 2.19. The minimum Gasteiger partial charge on any atom is -0.481 e. The molecule has 0 aromatic carbocycles. The molecule has 3 unspecified atom stereocenters. The molecule has 2 N–H and O–H groups in total. The average molecular weight is 265 g/mol. The molecule has 0 aliphatic heterocycles. The van der Waals surface area contributed by atoms with Gasteiger partial charge in [0.05, 0.1) is 11.6 Å². The third-order valence-electron chi connectivity index (χ3n) is 4.21. The lowest BCUT2D eigenvalue weighted by atomic mass is 9.79. The molecule has 1 fully saturated rings. The van der Waals surface area contributed by atoms with Crippen molar-refractivity contribution in [3.63, 3.8) is 0 Å². The summed E-state index contributed by atoms with van der Waals surface area (Å²) in [5.74, 6) is -0.568. The number of nitrogens with one attached hydrogen (secondary N) is 1. The predicted octanol–water partition coefficient (Wildman–Crippen LogP) is 1.96. The first-order chi connectivity index (χ1) is 9.09. The normalized spacial score (nSPS) is 25.2. The molecular weight excluding hydrogens is 242 g/mol. The topological polar surface area (TPSA) is 67.2 Å². The zero-order valence-corrected chi connectivity index (χ0v) is 11.7. The monoisotopic (exact) mass is 265 g/mol. The van der Waals surface area contributed by atoms with Crippen molar-refractivity contribution in [2.75, 3.05) is 6.54 Å². The van der Waals surface area contributed by atoms with Gasteiger partial charge in [-0.15, -0.1) is 0 Å². The Kier molecular flexibility index (Phi) is 4.58. The van der Waals surface area contributed by atoms with E-state index in [0.717, 1.165) is 37.9 Å². The van der Waals surface area contributed by atoms with Crippen LogP contribution in [0.25, 0.3) is 0 Å². The van der Waals surface area contributed by atoms with Gasteiger partial charge in [-0.05, 0) is 38.3 Å². The summed E-state index contributed by atoms with van der Waals surface area (Å²) >= 11 is 0. The number of carboxylic acids is 1. The number of aryl methyl sites for hydroxylation is 1. The van der Waals surface area contributed by atoms with E-state index in [1.807, 2.05) is 17.8 Å². The maximum Gasteiger partial charge on any atom is 0.306 e. The van der Waals surface area contributed by atoms with Crippen molar-refractivity contribution in [1.82, 2.24) is 15.1 Å². The van der Waals surface area contributed by atoms with E-state index in [4.69, 9.17) is 0 Å². The van der Waals surface area contributed by atoms with Crippen LogP contribution in [0.15, 0.2) is 12.3 Å². The van der Waals surface area contributed by atoms with E-state index in [1.54, 1.807) is 6.20 Å². The highest BCUT2D eigenvalue weighted by atomic mass is 16.4. The number of carboxylic acid groups (broad SMARTS) is 1. The Morgan fingerprint density at radius 2 is 2.32 bits per heavy atom. The summed E-state index contributed by atoms with van der Waals surface area (Å²) < 4.78 is 1.85. The molecule has 5 heteroatoms. The van der Waals surface area contributed by atoms with Crippen LogP contribution in [0.2, 0.25) is 0 Å². The molecule has 0 radical (unpaired) electrons. The molecule has 3 atom stereocenters. The molecule has 1 saturated carbocycles. The molecule has 19 heavy (non-hydrogen) atoms. The maximum absolute atomic E-state index is 11.3. The number of nitrogens with zero attached hydrogens (tertiary/aromatic N) is 2. The van der Waals surface area contributed by atoms with Gasteiger partial charge in [-0.1, -0.05) is 12.8 Å². The van der Waals surface area contributed by atoms with E-state index in [1.165, 1.54) is 0 Å². The lowest BCUT2D eigenvalue weighted by Crippen LogP contribution is -2.36. The molecular formula is C14H23N3O2. The molecule has 0 bridgehead atoms. The molecule has 1 heterocycles. The first-order valence-corrected chi connectivity index (χ1v) is 7.03. The van der Waals surface area contributed by atoms with Crippen LogP contribution in [-0.2, 0) is 11.8 Å². The van der Waals surface area contributed by atoms with E-state index in [-0.39, 0.29) is 17.9 Å². The van der Waals surface area contributed by atoms with Gasteiger partial charge in [-0.2, -0.15) is 5.10 Å². The van der Waals surface area contributed by atoms with Crippen molar-refractivity contribution >= 4 is 5.97 Å². The summed E-state index contributed by atoms with van der Waals surface area (Å²) in [5, 5.41) is 16.9.